The second-order valence-corrected chi connectivity index (χ2v) is 8.91. The summed E-state index contributed by atoms with van der Waals surface area (Å²) in [6, 6.07) is 19.4. The molecule has 0 saturated heterocycles. The number of halogens is 1. The molecule has 0 spiro atoms. The first-order chi connectivity index (χ1) is 13.3. The average Bonchev–Trinajstić information content (AvgIpc) is 2.65. The van der Waals surface area contributed by atoms with E-state index in [2.05, 4.69) is 5.32 Å². The zero-order valence-electron chi connectivity index (χ0n) is 15.6. The zero-order chi connectivity index (χ0) is 20.3. The van der Waals surface area contributed by atoms with Crippen LogP contribution in [0.2, 0.25) is 5.02 Å². The second kappa shape index (κ2) is 8.20. The molecule has 3 aromatic rings. The summed E-state index contributed by atoms with van der Waals surface area (Å²) in [7, 11) is -3.68. The Bertz CT molecular complexity index is 1120. The highest BCUT2D eigenvalue weighted by atomic mass is 35.5. The summed E-state index contributed by atoms with van der Waals surface area (Å²) in [5.41, 5.74) is 1.29. The van der Waals surface area contributed by atoms with Crippen molar-refractivity contribution >= 4 is 44.0 Å². The quantitative estimate of drug-likeness (QED) is 0.661. The second-order valence-electron chi connectivity index (χ2n) is 6.61. The molecule has 7 heteroatoms. The number of rotatable bonds is 6. The predicted molar refractivity (Wildman–Crippen MR) is 114 cm³/mol. The Labute approximate surface area is 170 Å². The Balaban J connectivity index is 1.77. The fourth-order valence-electron chi connectivity index (χ4n) is 3.11. The molecular weight excluding hydrogens is 396 g/mol. The van der Waals surface area contributed by atoms with Gasteiger partial charge in [-0.15, -0.1) is 0 Å². The number of nitrogens with one attached hydrogen (secondary N) is 1. The molecule has 0 bridgehead atoms. The molecule has 5 nitrogen and oxygen atoms in total. The molecule has 1 amide bonds. The highest BCUT2D eigenvalue weighted by Gasteiger charge is 2.29. The third-order valence-corrected chi connectivity index (χ3v) is 5.91. The standard InChI is InChI=1S/C21H21ClN2O3S/c1-15(24(28(2,26)27)20-9-5-8-19(22)13-20)21(25)23-14-16-10-11-17-6-3-4-7-18(17)12-16/h3-13,15H,14H2,1-2H3,(H,23,25)/t15-/m0/s1. The molecule has 0 aliphatic heterocycles. The fourth-order valence-corrected chi connectivity index (χ4v) is 4.46. The number of hydrogen-bond acceptors (Lipinski definition) is 3. The van der Waals surface area contributed by atoms with Crippen LogP contribution in [0.1, 0.15) is 12.5 Å². The van der Waals surface area contributed by atoms with E-state index in [1.165, 1.54) is 6.07 Å². The Morgan fingerprint density at radius 1 is 1.04 bits per heavy atom. The van der Waals surface area contributed by atoms with Gasteiger partial charge >= 0.3 is 0 Å². The van der Waals surface area contributed by atoms with Crippen molar-refractivity contribution in [1.29, 1.82) is 0 Å². The van der Waals surface area contributed by atoms with E-state index in [0.29, 0.717) is 17.3 Å². The van der Waals surface area contributed by atoms with E-state index >= 15 is 0 Å². The number of carbonyl (C=O) groups excluding carboxylic acids is 1. The van der Waals surface area contributed by atoms with E-state index in [1.807, 2.05) is 42.5 Å². The molecular formula is C21H21ClN2O3S. The Morgan fingerprint density at radius 2 is 1.75 bits per heavy atom. The van der Waals surface area contributed by atoms with Crippen LogP contribution in [0.3, 0.4) is 0 Å². The van der Waals surface area contributed by atoms with Gasteiger partial charge in [0, 0.05) is 11.6 Å². The number of amides is 1. The molecule has 0 radical (unpaired) electrons. The number of hydrogen-bond donors (Lipinski definition) is 1. The maximum atomic E-state index is 12.7. The van der Waals surface area contributed by atoms with Gasteiger partial charge in [0.05, 0.1) is 11.9 Å². The normalized spacial score (nSPS) is 12.5. The van der Waals surface area contributed by atoms with Crippen molar-refractivity contribution in [3.05, 3.63) is 77.3 Å². The van der Waals surface area contributed by atoms with E-state index in [9.17, 15) is 13.2 Å². The van der Waals surface area contributed by atoms with E-state index < -0.39 is 22.0 Å². The van der Waals surface area contributed by atoms with E-state index in [-0.39, 0.29) is 0 Å². The van der Waals surface area contributed by atoms with Crippen molar-refractivity contribution < 1.29 is 13.2 Å². The fraction of sp³-hybridized carbons (Fsp3) is 0.190. The van der Waals surface area contributed by atoms with Crippen LogP contribution in [-0.2, 0) is 21.4 Å². The molecule has 3 rings (SSSR count). The van der Waals surface area contributed by atoms with Gasteiger partial charge < -0.3 is 5.32 Å². The Hall–Kier alpha value is -2.57. The molecule has 3 aromatic carbocycles. The van der Waals surface area contributed by atoms with Gasteiger partial charge in [-0.3, -0.25) is 9.10 Å². The first-order valence-corrected chi connectivity index (χ1v) is 11.0. The number of fused-ring (bicyclic) bond motifs is 1. The average molecular weight is 417 g/mol. The minimum absolute atomic E-state index is 0.307. The highest BCUT2D eigenvalue weighted by molar-refractivity contribution is 7.92. The van der Waals surface area contributed by atoms with Crippen LogP contribution < -0.4 is 9.62 Å². The third kappa shape index (κ3) is 4.64. The van der Waals surface area contributed by atoms with Crippen molar-refractivity contribution in [2.45, 2.75) is 19.5 Å². The van der Waals surface area contributed by atoms with Crippen LogP contribution in [0, 0.1) is 0 Å². The van der Waals surface area contributed by atoms with Gasteiger partial charge in [-0.1, -0.05) is 54.1 Å². The molecule has 146 valence electrons. The van der Waals surface area contributed by atoms with Crippen LogP contribution in [-0.4, -0.2) is 26.6 Å². The number of carbonyl (C=O) groups is 1. The lowest BCUT2D eigenvalue weighted by Crippen LogP contribution is -2.47. The third-order valence-electron chi connectivity index (χ3n) is 4.43. The largest absolute Gasteiger partial charge is 0.350 e. The predicted octanol–water partition coefficient (Wildman–Crippen LogP) is 3.96. The zero-order valence-corrected chi connectivity index (χ0v) is 17.2. The molecule has 0 aliphatic rings. The summed E-state index contributed by atoms with van der Waals surface area (Å²) in [5, 5.41) is 5.42. The number of anilines is 1. The molecule has 0 fully saturated rings. The maximum absolute atomic E-state index is 12.7. The molecule has 1 atom stereocenters. The van der Waals surface area contributed by atoms with Crippen molar-refractivity contribution in [2.75, 3.05) is 10.6 Å². The summed E-state index contributed by atoms with van der Waals surface area (Å²) < 4.78 is 25.7. The molecule has 1 N–H and O–H groups in total. The van der Waals surface area contributed by atoms with E-state index in [1.54, 1.807) is 25.1 Å². The maximum Gasteiger partial charge on any atom is 0.243 e. The van der Waals surface area contributed by atoms with Crippen LogP contribution in [0.25, 0.3) is 10.8 Å². The number of nitrogens with zero attached hydrogens (tertiary/aromatic N) is 1. The van der Waals surface area contributed by atoms with Gasteiger partial charge in [0.1, 0.15) is 6.04 Å². The van der Waals surface area contributed by atoms with E-state index in [4.69, 9.17) is 11.6 Å². The van der Waals surface area contributed by atoms with Gasteiger partial charge in [0.2, 0.25) is 15.9 Å². The Morgan fingerprint density at radius 3 is 2.43 bits per heavy atom. The molecule has 0 heterocycles. The van der Waals surface area contributed by atoms with Crippen LogP contribution in [0.4, 0.5) is 5.69 Å². The Kier molecular flexibility index (Phi) is 5.91. The summed E-state index contributed by atoms with van der Waals surface area (Å²) in [5.74, 6) is -0.390. The molecule has 28 heavy (non-hydrogen) atoms. The number of sulfonamides is 1. The summed E-state index contributed by atoms with van der Waals surface area (Å²) in [4.78, 5) is 12.7. The van der Waals surface area contributed by atoms with Gasteiger partial charge in [-0.25, -0.2) is 8.42 Å². The first kappa shape index (κ1) is 20.2. The van der Waals surface area contributed by atoms with E-state index in [0.717, 1.165) is 26.9 Å². The van der Waals surface area contributed by atoms with Crippen molar-refractivity contribution in [2.24, 2.45) is 0 Å². The molecule has 0 aliphatic carbocycles. The number of benzene rings is 3. The minimum Gasteiger partial charge on any atom is -0.350 e. The lowest BCUT2D eigenvalue weighted by Gasteiger charge is -2.28. The van der Waals surface area contributed by atoms with Gasteiger partial charge in [-0.2, -0.15) is 0 Å². The lowest BCUT2D eigenvalue weighted by molar-refractivity contribution is -0.122. The monoisotopic (exact) mass is 416 g/mol. The molecule has 0 aromatic heterocycles. The summed E-state index contributed by atoms with van der Waals surface area (Å²) in [6.07, 6.45) is 1.07. The summed E-state index contributed by atoms with van der Waals surface area (Å²) in [6.45, 7) is 1.86. The smallest absolute Gasteiger partial charge is 0.243 e. The van der Waals surface area contributed by atoms with Gasteiger partial charge in [0.15, 0.2) is 0 Å². The molecule has 0 unspecified atom stereocenters. The van der Waals surface area contributed by atoms with Gasteiger partial charge in [0.25, 0.3) is 0 Å². The SMILES string of the molecule is C[C@@H](C(=O)NCc1ccc2ccccc2c1)N(c1cccc(Cl)c1)S(C)(=O)=O. The summed E-state index contributed by atoms with van der Waals surface area (Å²) >= 11 is 5.99. The lowest BCUT2D eigenvalue weighted by atomic mass is 10.1. The van der Waals surface area contributed by atoms with Crippen molar-refractivity contribution in [3.63, 3.8) is 0 Å². The van der Waals surface area contributed by atoms with Crippen molar-refractivity contribution in [3.8, 4) is 0 Å². The molecule has 0 saturated carbocycles. The highest BCUT2D eigenvalue weighted by Crippen LogP contribution is 2.24. The van der Waals surface area contributed by atoms with Crippen LogP contribution in [0.15, 0.2) is 66.7 Å². The van der Waals surface area contributed by atoms with Gasteiger partial charge in [-0.05, 0) is 47.5 Å². The van der Waals surface area contributed by atoms with Crippen molar-refractivity contribution in [1.82, 2.24) is 5.32 Å². The van der Waals surface area contributed by atoms with Crippen LogP contribution in [0.5, 0.6) is 0 Å². The minimum atomic E-state index is -3.68. The first-order valence-electron chi connectivity index (χ1n) is 8.76. The topological polar surface area (TPSA) is 66.5 Å². The van der Waals surface area contributed by atoms with Crippen LogP contribution >= 0.6 is 11.6 Å².